The smallest absolute Gasteiger partial charge is 0.261 e. The summed E-state index contributed by atoms with van der Waals surface area (Å²) in [5.41, 5.74) is 0.570. The van der Waals surface area contributed by atoms with E-state index >= 15 is 0 Å². The number of amides is 1. The first-order valence-corrected chi connectivity index (χ1v) is 7.67. The molecule has 7 heteroatoms. The van der Waals surface area contributed by atoms with E-state index in [4.69, 9.17) is 0 Å². The van der Waals surface area contributed by atoms with E-state index in [0.29, 0.717) is 23.6 Å². The maximum atomic E-state index is 13.3. The van der Waals surface area contributed by atoms with Crippen LogP contribution in [0.4, 0.5) is 14.5 Å². The molecule has 0 fully saturated rings. The number of carbonyl (C=O) groups is 1. The molecule has 0 aliphatic carbocycles. The van der Waals surface area contributed by atoms with Crippen LogP contribution in [-0.4, -0.2) is 15.5 Å². The van der Waals surface area contributed by atoms with Gasteiger partial charge in [-0.2, -0.15) is 0 Å². The molecule has 1 N–H and O–H groups in total. The molecule has 25 heavy (non-hydrogen) atoms. The van der Waals surface area contributed by atoms with Gasteiger partial charge in [-0.15, -0.1) is 0 Å². The first-order chi connectivity index (χ1) is 11.9. The highest BCUT2D eigenvalue weighted by Gasteiger charge is 2.16. The summed E-state index contributed by atoms with van der Waals surface area (Å²) in [6.07, 6.45) is 1.40. The van der Waals surface area contributed by atoms with Gasteiger partial charge < -0.3 is 9.88 Å². The molecular weight excluding hydrogens is 328 g/mol. The molecule has 3 rings (SSSR count). The van der Waals surface area contributed by atoms with Crippen LogP contribution in [-0.2, 0) is 6.54 Å². The van der Waals surface area contributed by atoms with Crippen molar-refractivity contribution in [2.75, 3.05) is 5.32 Å². The van der Waals surface area contributed by atoms with E-state index in [9.17, 15) is 18.4 Å². The Balaban J connectivity index is 2.08. The summed E-state index contributed by atoms with van der Waals surface area (Å²) in [6.45, 7) is 4.17. The van der Waals surface area contributed by atoms with E-state index in [2.05, 4.69) is 10.3 Å². The van der Waals surface area contributed by atoms with Crippen LogP contribution in [0.2, 0.25) is 0 Å². The maximum absolute atomic E-state index is 13.3. The average molecular weight is 343 g/mol. The summed E-state index contributed by atoms with van der Waals surface area (Å²) in [7, 11) is 0. The van der Waals surface area contributed by atoms with E-state index in [1.54, 1.807) is 16.7 Å². The number of benzene rings is 1. The first-order valence-electron chi connectivity index (χ1n) is 7.67. The van der Waals surface area contributed by atoms with Gasteiger partial charge >= 0.3 is 0 Å². The van der Waals surface area contributed by atoms with E-state index in [1.165, 1.54) is 6.20 Å². The van der Waals surface area contributed by atoms with Gasteiger partial charge in [-0.1, -0.05) is 0 Å². The lowest BCUT2D eigenvalue weighted by molar-refractivity contribution is 0.102. The van der Waals surface area contributed by atoms with Crippen LogP contribution < -0.4 is 10.7 Å². The molecule has 0 radical (unpaired) electrons. The SMILES string of the molecule is CCn1cc(C(=O)Nc2cc(F)cc(F)c2)c(=O)c2ccc(C)nc21. The lowest BCUT2D eigenvalue weighted by atomic mass is 10.1. The molecule has 1 aromatic carbocycles. The second kappa shape index (κ2) is 6.43. The molecule has 0 aliphatic rings. The average Bonchev–Trinajstić information content (AvgIpc) is 2.54. The number of pyridine rings is 2. The van der Waals surface area contributed by atoms with Gasteiger partial charge in [0.2, 0.25) is 5.43 Å². The minimum absolute atomic E-state index is 0.0629. The van der Waals surface area contributed by atoms with Crippen LogP contribution in [0.1, 0.15) is 23.0 Å². The largest absolute Gasteiger partial charge is 0.332 e. The fraction of sp³-hybridized carbons (Fsp3) is 0.167. The van der Waals surface area contributed by atoms with E-state index in [0.717, 1.165) is 17.8 Å². The number of carbonyl (C=O) groups excluding carboxylic acids is 1. The van der Waals surface area contributed by atoms with Gasteiger partial charge in [0, 0.05) is 30.2 Å². The number of aryl methyl sites for hydroxylation is 2. The Bertz CT molecular complexity index is 1020. The zero-order valence-corrected chi connectivity index (χ0v) is 13.6. The van der Waals surface area contributed by atoms with Crippen molar-refractivity contribution in [2.45, 2.75) is 20.4 Å². The second-order valence-corrected chi connectivity index (χ2v) is 5.59. The fourth-order valence-corrected chi connectivity index (χ4v) is 2.59. The summed E-state index contributed by atoms with van der Waals surface area (Å²) in [5, 5.41) is 2.67. The summed E-state index contributed by atoms with van der Waals surface area (Å²) in [5.74, 6) is -2.38. The van der Waals surface area contributed by atoms with Crippen molar-refractivity contribution in [3.05, 3.63) is 69.6 Å². The molecule has 0 bridgehead atoms. The standard InChI is InChI=1S/C18H15F2N3O2/c1-3-23-9-15(16(24)14-5-4-10(2)21-17(14)23)18(25)22-13-7-11(19)6-12(20)8-13/h4-9H,3H2,1-2H3,(H,22,25). The first kappa shape index (κ1) is 16.8. The molecule has 0 unspecified atom stereocenters. The molecule has 2 heterocycles. The Labute approximate surface area is 141 Å². The Hall–Kier alpha value is -3.09. The van der Waals surface area contributed by atoms with Crippen molar-refractivity contribution in [2.24, 2.45) is 0 Å². The summed E-state index contributed by atoms with van der Waals surface area (Å²) in [4.78, 5) is 29.4. The molecule has 0 saturated carbocycles. The number of hydrogen-bond donors (Lipinski definition) is 1. The lowest BCUT2D eigenvalue weighted by Crippen LogP contribution is -2.24. The van der Waals surface area contributed by atoms with Gasteiger partial charge in [-0.05, 0) is 38.1 Å². The summed E-state index contributed by atoms with van der Waals surface area (Å²) in [6, 6.07) is 5.96. The molecule has 2 aromatic heterocycles. The number of hydrogen-bond acceptors (Lipinski definition) is 3. The highest BCUT2D eigenvalue weighted by atomic mass is 19.1. The molecule has 1 amide bonds. The van der Waals surface area contributed by atoms with Crippen molar-refractivity contribution >= 4 is 22.6 Å². The number of rotatable bonds is 3. The van der Waals surface area contributed by atoms with Gasteiger partial charge in [0.15, 0.2) is 0 Å². The van der Waals surface area contributed by atoms with Gasteiger partial charge in [0.25, 0.3) is 5.91 Å². The van der Waals surface area contributed by atoms with Gasteiger partial charge in [0.05, 0.1) is 5.39 Å². The van der Waals surface area contributed by atoms with Crippen LogP contribution in [0.25, 0.3) is 11.0 Å². The Morgan fingerprint density at radius 1 is 1.20 bits per heavy atom. The van der Waals surface area contributed by atoms with Crippen LogP contribution >= 0.6 is 0 Å². The normalized spacial score (nSPS) is 10.9. The zero-order valence-electron chi connectivity index (χ0n) is 13.6. The third-order valence-electron chi connectivity index (χ3n) is 3.77. The van der Waals surface area contributed by atoms with Gasteiger partial charge in [-0.3, -0.25) is 9.59 Å². The number of fused-ring (bicyclic) bond motifs is 1. The number of nitrogens with zero attached hydrogens (tertiary/aromatic N) is 2. The molecule has 0 saturated heterocycles. The second-order valence-electron chi connectivity index (χ2n) is 5.59. The minimum atomic E-state index is -0.820. The van der Waals surface area contributed by atoms with Crippen LogP contribution in [0.5, 0.6) is 0 Å². The Morgan fingerprint density at radius 3 is 2.52 bits per heavy atom. The van der Waals surface area contributed by atoms with Crippen LogP contribution in [0.15, 0.2) is 41.3 Å². The Morgan fingerprint density at radius 2 is 1.88 bits per heavy atom. The monoisotopic (exact) mass is 343 g/mol. The fourth-order valence-electron chi connectivity index (χ4n) is 2.59. The van der Waals surface area contributed by atoms with Crippen molar-refractivity contribution in [3.63, 3.8) is 0 Å². The van der Waals surface area contributed by atoms with Crippen molar-refractivity contribution in [3.8, 4) is 0 Å². The highest BCUT2D eigenvalue weighted by molar-refractivity contribution is 6.05. The number of nitrogens with one attached hydrogen (secondary N) is 1. The Kier molecular flexibility index (Phi) is 4.31. The third-order valence-corrected chi connectivity index (χ3v) is 3.77. The van der Waals surface area contributed by atoms with Gasteiger partial charge in [-0.25, -0.2) is 13.8 Å². The summed E-state index contributed by atoms with van der Waals surface area (Å²) < 4.78 is 28.2. The predicted molar refractivity (Wildman–Crippen MR) is 90.7 cm³/mol. The molecule has 0 aliphatic heterocycles. The number of aromatic nitrogens is 2. The van der Waals surface area contributed by atoms with Gasteiger partial charge in [0.1, 0.15) is 22.8 Å². The quantitative estimate of drug-likeness (QED) is 0.794. The zero-order chi connectivity index (χ0) is 18.1. The van der Waals surface area contributed by atoms with Crippen molar-refractivity contribution in [1.82, 2.24) is 9.55 Å². The van der Waals surface area contributed by atoms with E-state index in [-0.39, 0.29) is 11.3 Å². The predicted octanol–water partition coefficient (Wildman–Crippen LogP) is 3.26. The molecular formula is C18H15F2N3O2. The number of halogens is 2. The minimum Gasteiger partial charge on any atom is -0.332 e. The number of anilines is 1. The summed E-state index contributed by atoms with van der Waals surface area (Å²) >= 11 is 0. The topological polar surface area (TPSA) is 64.0 Å². The van der Waals surface area contributed by atoms with E-state index < -0.39 is 23.0 Å². The molecule has 5 nitrogen and oxygen atoms in total. The third kappa shape index (κ3) is 3.26. The van der Waals surface area contributed by atoms with Crippen LogP contribution in [0, 0.1) is 18.6 Å². The molecule has 0 atom stereocenters. The molecule has 128 valence electrons. The van der Waals surface area contributed by atoms with Crippen LogP contribution in [0.3, 0.4) is 0 Å². The highest BCUT2D eigenvalue weighted by Crippen LogP contribution is 2.15. The maximum Gasteiger partial charge on any atom is 0.261 e. The lowest BCUT2D eigenvalue weighted by Gasteiger charge is -2.11. The molecule has 3 aromatic rings. The van der Waals surface area contributed by atoms with Crippen molar-refractivity contribution < 1.29 is 13.6 Å². The molecule has 0 spiro atoms. The van der Waals surface area contributed by atoms with Crippen molar-refractivity contribution in [1.29, 1.82) is 0 Å². The van der Waals surface area contributed by atoms with E-state index in [1.807, 2.05) is 13.8 Å².